The maximum Gasteiger partial charge on any atom is 0.0561 e. The van der Waals surface area contributed by atoms with Gasteiger partial charge in [0.05, 0.1) is 33.1 Å². The van der Waals surface area contributed by atoms with Crippen molar-refractivity contribution in [2.24, 2.45) is 0 Å². The summed E-state index contributed by atoms with van der Waals surface area (Å²) in [5.74, 6) is 0. The average molecular weight is 680 g/mol. The van der Waals surface area contributed by atoms with Crippen molar-refractivity contribution < 1.29 is 0 Å². The van der Waals surface area contributed by atoms with E-state index in [1.165, 1.54) is 98.4 Å². The molecule has 0 saturated carbocycles. The number of benzene rings is 8. The maximum atomic E-state index is 2.48. The largest absolute Gasteiger partial charge is 0.309 e. The molecule has 3 nitrogen and oxygen atoms in total. The van der Waals surface area contributed by atoms with E-state index in [2.05, 4.69) is 193 Å². The van der Waals surface area contributed by atoms with Crippen molar-refractivity contribution in [1.29, 1.82) is 0 Å². The van der Waals surface area contributed by atoms with Crippen LogP contribution in [0.5, 0.6) is 0 Å². The predicted molar refractivity (Wildman–Crippen MR) is 226 cm³/mol. The summed E-state index contributed by atoms with van der Waals surface area (Å²) in [6, 6.07) is 57.0. The number of hydrogen-bond acceptors (Lipinski definition) is 0. The summed E-state index contributed by atoms with van der Waals surface area (Å²) in [6.07, 6.45) is 0. The molecule has 0 atom stereocenters. The van der Waals surface area contributed by atoms with Crippen LogP contribution in [0.2, 0.25) is 0 Å². The van der Waals surface area contributed by atoms with E-state index in [4.69, 9.17) is 0 Å². The topological polar surface area (TPSA) is 14.8 Å². The molecule has 0 radical (unpaired) electrons. The molecule has 0 aliphatic heterocycles. The van der Waals surface area contributed by atoms with Crippen LogP contribution in [0.3, 0.4) is 0 Å². The summed E-state index contributed by atoms with van der Waals surface area (Å²) in [7, 11) is 0. The first-order valence-electron chi connectivity index (χ1n) is 18.5. The third-order valence-corrected chi connectivity index (χ3v) is 11.4. The van der Waals surface area contributed by atoms with Crippen molar-refractivity contribution in [2.75, 3.05) is 0 Å². The first kappa shape index (κ1) is 30.1. The monoisotopic (exact) mass is 679 g/mol. The van der Waals surface area contributed by atoms with Crippen LogP contribution < -0.4 is 0 Å². The summed E-state index contributed by atoms with van der Waals surface area (Å²) < 4.78 is 7.37. The lowest BCUT2D eigenvalue weighted by molar-refractivity contribution is 1.15. The van der Waals surface area contributed by atoms with Crippen molar-refractivity contribution in [2.45, 2.75) is 27.7 Å². The fourth-order valence-corrected chi connectivity index (χ4v) is 8.93. The zero-order valence-electron chi connectivity index (χ0n) is 30.3. The summed E-state index contributed by atoms with van der Waals surface area (Å²) in [5, 5.41) is 10.1. The van der Waals surface area contributed by atoms with E-state index < -0.39 is 0 Å². The second-order valence-electron chi connectivity index (χ2n) is 15.0. The summed E-state index contributed by atoms with van der Waals surface area (Å²) in [4.78, 5) is 0. The number of rotatable bonds is 3. The van der Waals surface area contributed by atoms with Gasteiger partial charge in [0, 0.05) is 49.4 Å². The Balaban J connectivity index is 1.23. The molecule has 11 rings (SSSR count). The van der Waals surface area contributed by atoms with Crippen LogP contribution in [0.4, 0.5) is 0 Å². The SMILES string of the molecule is Cc1ccc2c(c1)c1cc(C)ccc1n2-c1ccc2c3ccc(-n4c5ccc(C)cc5c5cc(C)ccc54)cc3n(-c3ccc4ccccc4c3)c2c1. The highest BCUT2D eigenvalue weighted by Crippen LogP contribution is 2.40. The van der Waals surface area contributed by atoms with E-state index in [-0.39, 0.29) is 0 Å². The zero-order chi connectivity index (χ0) is 35.5. The Labute approximate surface area is 307 Å². The second-order valence-corrected chi connectivity index (χ2v) is 15.0. The van der Waals surface area contributed by atoms with Gasteiger partial charge in [0.1, 0.15) is 0 Å². The van der Waals surface area contributed by atoms with Crippen LogP contribution in [0.1, 0.15) is 22.3 Å². The molecule has 0 fully saturated rings. The van der Waals surface area contributed by atoms with Gasteiger partial charge in [-0.3, -0.25) is 0 Å². The molecule has 0 saturated heterocycles. The zero-order valence-corrected chi connectivity index (χ0v) is 30.3. The minimum atomic E-state index is 1.15. The molecular formula is C50H37N3. The van der Waals surface area contributed by atoms with Gasteiger partial charge in [-0.25, -0.2) is 0 Å². The Morgan fingerprint density at radius 3 is 1.06 bits per heavy atom. The molecule has 8 aromatic carbocycles. The highest BCUT2D eigenvalue weighted by Gasteiger charge is 2.19. The van der Waals surface area contributed by atoms with Crippen molar-refractivity contribution >= 4 is 76.2 Å². The van der Waals surface area contributed by atoms with Gasteiger partial charge in [0.25, 0.3) is 0 Å². The quantitative estimate of drug-likeness (QED) is 0.177. The molecule has 3 heteroatoms. The highest BCUT2D eigenvalue weighted by atomic mass is 15.0. The molecular weight excluding hydrogens is 643 g/mol. The van der Waals surface area contributed by atoms with E-state index in [0.717, 1.165) is 17.1 Å². The van der Waals surface area contributed by atoms with E-state index in [1.807, 2.05) is 0 Å². The molecule has 0 spiro atoms. The average Bonchev–Trinajstić information content (AvgIpc) is 3.78. The van der Waals surface area contributed by atoms with Gasteiger partial charge in [-0.15, -0.1) is 0 Å². The van der Waals surface area contributed by atoms with Crippen molar-refractivity contribution in [3.63, 3.8) is 0 Å². The summed E-state index contributed by atoms with van der Waals surface area (Å²) in [5.41, 5.74) is 15.8. The van der Waals surface area contributed by atoms with Gasteiger partial charge in [-0.05, 0) is 123 Å². The lowest BCUT2D eigenvalue weighted by Crippen LogP contribution is -1.98. The van der Waals surface area contributed by atoms with Crippen LogP contribution >= 0.6 is 0 Å². The normalized spacial score (nSPS) is 12.2. The van der Waals surface area contributed by atoms with Crippen molar-refractivity contribution in [3.05, 3.63) is 174 Å². The predicted octanol–water partition coefficient (Wildman–Crippen LogP) is 13.4. The summed E-state index contributed by atoms with van der Waals surface area (Å²) in [6.45, 7) is 8.73. The Kier molecular flexibility index (Phi) is 6.22. The van der Waals surface area contributed by atoms with Gasteiger partial charge < -0.3 is 13.7 Å². The van der Waals surface area contributed by atoms with Crippen LogP contribution in [0.25, 0.3) is 93.3 Å². The third-order valence-electron chi connectivity index (χ3n) is 11.4. The molecule has 0 amide bonds. The molecule has 11 aromatic rings. The fourth-order valence-electron chi connectivity index (χ4n) is 8.93. The van der Waals surface area contributed by atoms with Crippen LogP contribution in [-0.4, -0.2) is 13.7 Å². The minimum absolute atomic E-state index is 1.15. The molecule has 3 heterocycles. The molecule has 0 bridgehead atoms. The van der Waals surface area contributed by atoms with Crippen LogP contribution in [0, 0.1) is 27.7 Å². The van der Waals surface area contributed by atoms with E-state index >= 15 is 0 Å². The number of nitrogens with zero attached hydrogens (tertiary/aromatic N) is 3. The summed E-state index contributed by atoms with van der Waals surface area (Å²) >= 11 is 0. The van der Waals surface area contributed by atoms with Crippen molar-refractivity contribution in [3.8, 4) is 17.1 Å². The molecule has 0 unspecified atom stereocenters. The number of hydrogen-bond donors (Lipinski definition) is 0. The Morgan fingerprint density at radius 2 is 0.623 bits per heavy atom. The Morgan fingerprint density at radius 1 is 0.264 bits per heavy atom. The molecule has 0 N–H and O–H groups in total. The number of aromatic nitrogens is 3. The Bertz CT molecular complexity index is 3030. The smallest absolute Gasteiger partial charge is 0.0561 e. The lowest BCUT2D eigenvalue weighted by atomic mass is 10.1. The fraction of sp³-hybridized carbons (Fsp3) is 0.0800. The molecule has 3 aromatic heterocycles. The minimum Gasteiger partial charge on any atom is -0.309 e. The van der Waals surface area contributed by atoms with Gasteiger partial charge in [-0.1, -0.05) is 89.0 Å². The number of aryl methyl sites for hydroxylation is 4. The molecule has 0 aliphatic rings. The maximum absolute atomic E-state index is 2.48. The van der Waals surface area contributed by atoms with Gasteiger partial charge in [0.15, 0.2) is 0 Å². The van der Waals surface area contributed by atoms with E-state index in [1.54, 1.807) is 0 Å². The van der Waals surface area contributed by atoms with Gasteiger partial charge in [-0.2, -0.15) is 0 Å². The van der Waals surface area contributed by atoms with Crippen LogP contribution in [-0.2, 0) is 0 Å². The first-order valence-corrected chi connectivity index (χ1v) is 18.5. The van der Waals surface area contributed by atoms with E-state index in [9.17, 15) is 0 Å². The van der Waals surface area contributed by atoms with E-state index in [0.29, 0.717) is 0 Å². The van der Waals surface area contributed by atoms with Crippen molar-refractivity contribution in [1.82, 2.24) is 13.7 Å². The molecule has 53 heavy (non-hydrogen) atoms. The highest BCUT2D eigenvalue weighted by molar-refractivity contribution is 6.14. The van der Waals surface area contributed by atoms with Crippen LogP contribution in [0.15, 0.2) is 152 Å². The standard InChI is InChI=1S/C50H37N3/c1-30-9-19-45-41(23-30)42-24-31(2)10-20-46(42)51(45)37-15-17-39-40-18-16-38(52-47-21-11-32(3)25-43(47)44-26-33(4)12-22-48(44)52)29-50(40)53(49(39)28-37)36-14-13-34-7-5-6-8-35(34)27-36/h5-29H,1-4H3. The number of fused-ring (bicyclic) bond motifs is 10. The third kappa shape index (κ3) is 4.41. The second kappa shape index (κ2) is 11.0. The van der Waals surface area contributed by atoms with Gasteiger partial charge in [0.2, 0.25) is 0 Å². The lowest BCUT2D eigenvalue weighted by Gasteiger charge is -2.13. The van der Waals surface area contributed by atoms with Gasteiger partial charge >= 0.3 is 0 Å². The molecule has 0 aliphatic carbocycles. The molecule has 252 valence electrons. The first-order chi connectivity index (χ1) is 25.9. The Hall–Kier alpha value is -6.58.